The molecule has 2 aromatic carbocycles. The fourth-order valence-corrected chi connectivity index (χ4v) is 5.63. The van der Waals surface area contributed by atoms with Crippen molar-refractivity contribution in [2.45, 2.75) is 19.9 Å². The van der Waals surface area contributed by atoms with Gasteiger partial charge in [0.25, 0.3) is 5.56 Å². The zero-order valence-electron chi connectivity index (χ0n) is 20.2. The maximum Gasteiger partial charge on any atom is 0.338 e. The molecular weight excluding hydrogens is 580 g/mol. The van der Waals surface area contributed by atoms with Crippen LogP contribution in [0.1, 0.15) is 31.0 Å². The van der Waals surface area contributed by atoms with Crippen molar-refractivity contribution in [3.8, 4) is 23.8 Å². The van der Waals surface area contributed by atoms with Crippen LogP contribution in [0.25, 0.3) is 6.08 Å². The Labute approximate surface area is 230 Å². The minimum atomic E-state index is -0.732. The molecule has 10 heteroatoms. The van der Waals surface area contributed by atoms with Gasteiger partial charge in [-0.1, -0.05) is 56.9 Å². The minimum Gasteiger partial charge on any atom is -0.493 e. The first-order valence-electron chi connectivity index (χ1n) is 11.2. The van der Waals surface area contributed by atoms with Crippen molar-refractivity contribution in [2.24, 2.45) is 4.99 Å². The molecule has 0 saturated heterocycles. The Kier molecular flexibility index (Phi) is 8.22. The molecule has 1 aliphatic heterocycles. The number of terminal acetylenes is 1. The summed E-state index contributed by atoms with van der Waals surface area (Å²) in [4.78, 5) is 31.9. The molecule has 190 valence electrons. The van der Waals surface area contributed by atoms with Gasteiger partial charge in [0.05, 0.1) is 35.6 Å². The average molecular weight is 602 g/mol. The molecule has 3 aromatic rings. The van der Waals surface area contributed by atoms with Gasteiger partial charge in [0.15, 0.2) is 16.3 Å². The quantitative estimate of drug-likeness (QED) is 0.299. The summed E-state index contributed by atoms with van der Waals surface area (Å²) in [5.74, 6) is 2.79. The van der Waals surface area contributed by atoms with E-state index < -0.39 is 12.0 Å². The Balaban J connectivity index is 1.97. The van der Waals surface area contributed by atoms with E-state index in [2.05, 4.69) is 26.8 Å². The lowest BCUT2D eigenvalue weighted by Gasteiger charge is -2.24. The number of methoxy groups -OCH3 is 1. The molecule has 7 nitrogen and oxygen atoms in total. The number of allylic oxidation sites excluding steroid dienone is 1. The van der Waals surface area contributed by atoms with Crippen LogP contribution in [-0.4, -0.2) is 30.9 Å². The molecule has 4 rings (SSSR count). The van der Waals surface area contributed by atoms with Crippen LogP contribution in [0.2, 0.25) is 5.02 Å². The van der Waals surface area contributed by atoms with E-state index in [0.717, 1.165) is 4.47 Å². The summed E-state index contributed by atoms with van der Waals surface area (Å²) >= 11 is 10.8. The second-order valence-corrected chi connectivity index (χ2v) is 10.2. The Bertz CT molecular complexity index is 1620. The zero-order chi connectivity index (χ0) is 26.7. The molecule has 1 aromatic heterocycles. The molecule has 0 unspecified atom stereocenters. The largest absolute Gasteiger partial charge is 0.493 e. The highest BCUT2D eigenvalue weighted by atomic mass is 79.9. The first kappa shape index (κ1) is 26.7. The number of aromatic nitrogens is 1. The van der Waals surface area contributed by atoms with Crippen molar-refractivity contribution in [1.82, 2.24) is 4.57 Å². The number of hydrogen-bond donors (Lipinski definition) is 0. The van der Waals surface area contributed by atoms with Gasteiger partial charge in [-0.25, -0.2) is 9.79 Å². The summed E-state index contributed by atoms with van der Waals surface area (Å²) < 4.78 is 19.2. The summed E-state index contributed by atoms with van der Waals surface area (Å²) in [5, 5.41) is 0.539. The SMILES string of the molecule is C#CCOc1c(/C=c2\sc3n(c2=O)[C@@H](c2ccc(Cl)cc2)C(C(=O)OCC)=C(C)N=3)cc(Br)cc1OC. The standard InChI is InChI=1S/C27H22BrClN2O5S/c1-5-11-36-24-17(12-18(28)14-20(24)34-4)13-21-25(32)31-23(16-7-9-19(29)10-8-16)22(26(33)35-6-2)15(3)30-27(31)37-21/h1,7-10,12-14,23H,6,11H2,2-4H3/b21-13-/t23-/m0/s1. The predicted molar refractivity (Wildman–Crippen MR) is 147 cm³/mol. The van der Waals surface area contributed by atoms with Crippen molar-refractivity contribution in [1.29, 1.82) is 0 Å². The lowest BCUT2D eigenvalue weighted by atomic mass is 9.96. The number of fused-ring (bicyclic) bond motifs is 1. The van der Waals surface area contributed by atoms with Crippen molar-refractivity contribution in [2.75, 3.05) is 20.3 Å². The molecule has 0 bridgehead atoms. The monoisotopic (exact) mass is 600 g/mol. The number of halogens is 2. The van der Waals surface area contributed by atoms with Gasteiger partial charge in [0.1, 0.15) is 6.61 Å². The maximum atomic E-state index is 13.8. The molecule has 0 fully saturated rings. The van der Waals surface area contributed by atoms with E-state index in [1.54, 1.807) is 56.3 Å². The number of carbonyl (C=O) groups excluding carboxylic acids is 1. The number of thiazole rings is 1. The molecule has 2 heterocycles. The Morgan fingerprint density at radius 1 is 1.32 bits per heavy atom. The van der Waals surface area contributed by atoms with Gasteiger partial charge in [-0.15, -0.1) is 6.42 Å². The molecule has 0 saturated carbocycles. The normalized spacial score (nSPS) is 15.0. The topological polar surface area (TPSA) is 79.1 Å². The Morgan fingerprint density at radius 3 is 2.70 bits per heavy atom. The second kappa shape index (κ2) is 11.4. The number of hydrogen-bond acceptors (Lipinski definition) is 7. The molecule has 0 radical (unpaired) electrons. The fraction of sp³-hybridized carbons (Fsp3) is 0.222. The molecular formula is C27H22BrClN2O5S. The smallest absolute Gasteiger partial charge is 0.338 e. The van der Waals surface area contributed by atoms with Gasteiger partial charge < -0.3 is 14.2 Å². The van der Waals surface area contributed by atoms with Crippen LogP contribution in [0.5, 0.6) is 11.5 Å². The Morgan fingerprint density at radius 2 is 2.05 bits per heavy atom. The van der Waals surface area contributed by atoms with Crippen LogP contribution < -0.4 is 24.4 Å². The van der Waals surface area contributed by atoms with E-state index in [1.165, 1.54) is 23.0 Å². The van der Waals surface area contributed by atoms with E-state index in [9.17, 15) is 9.59 Å². The van der Waals surface area contributed by atoms with Gasteiger partial charge >= 0.3 is 5.97 Å². The van der Waals surface area contributed by atoms with Gasteiger partial charge in [0, 0.05) is 15.1 Å². The average Bonchev–Trinajstić information content (AvgIpc) is 3.17. The van der Waals surface area contributed by atoms with Crippen LogP contribution in [0.3, 0.4) is 0 Å². The van der Waals surface area contributed by atoms with E-state index in [4.69, 9.17) is 32.2 Å². The highest BCUT2D eigenvalue weighted by Gasteiger charge is 2.33. The summed E-state index contributed by atoms with van der Waals surface area (Å²) in [6.45, 7) is 3.68. The molecule has 1 atom stereocenters. The van der Waals surface area contributed by atoms with Gasteiger partial charge in [0.2, 0.25) is 0 Å². The molecule has 0 N–H and O–H groups in total. The lowest BCUT2D eigenvalue weighted by Crippen LogP contribution is -2.39. The van der Waals surface area contributed by atoms with Crippen LogP contribution in [0.4, 0.5) is 0 Å². The van der Waals surface area contributed by atoms with Crippen LogP contribution in [-0.2, 0) is 9.53 Å². The third-order valence-corrected chi connectivity index (χ3v) is 7.25. The van der Waals surface area contributed by atoms with E-state index in [0.29, 0.717) is 48.3 Å². The van der Waals surface area contributed by atoms with Crippen LogP contribution in [0.15, 0.2) is 61.9 Å². The fourth-order valence-electron chi connectivity index (χ4n) is 4.01. The first-order valence-corrected chi connectivity index (χ1v) is 13.2. The Hall–Kier alpha value is -3.32. The summed E-state index contributed by atoms with van der Waals surface area (Å²) in [7, 11) is 1.52. The van der Waals surface area contributed by atoms with Crippen LogP contribution in [0, 0.1) is 12.3 Å². The number of nitrogens with zero attached hydrogens (tertiary/aromatic N) is 2. The van der Waals surface area contributed by atoms with Crippen LogP contribution >= 0.6 is 38.9 Å². The van der Waals surface area contributed by atoms with Crippen molar-refractivity contribution in [3.05, 3.63) is 88.0 Å². The van der Waals surface area contributed by atoms with E-state index in [1.807, 2.05) is 0 Å². The van der Waals surface area contributed by atoms with Gasteiger partial charge in [-0.05, 0) is 49.8 Å². The third kappa shape index (κ3) is 5.37. The highest BCUT2D eigenvalue weighted by Crippen LogP contribution is 2.35. The number of rotatable bonds is 7. The minimum absolute atomic E-state index is 0.0265. The second-order valence-electron chi connectivity index (χ2n) is 7.87. The molecule has 0 spiro atoms. The molecule has 1 aliphatic rings. The van der Waals surface area contributed by atoms with Gasteiger partial charge in [-0.3, -0.25) is 9.36 Å². The number of ether oxygens (including phenoxy) is 3. The van der Waals surface area contributed by atoms with Crippen molar-refractivity contribution >= 4 is 50.9 Å². The molecule has 0 aliphatic carbocycles. The highest BCUT2D eigenvalue weighted by molar-refractivity contribution is 9.10. The van der Waals surface area contributed by atoms with E-state index >= 15 is 0 Å². The first-order chi connectivity index (χ1) is 17.8. The number of esters is 1. The number of carbonyl (C=O) groups is 1. The zero-order valence-corrected chi connectivity index (χ0v) is 23.4. The maximum absolute atomic E-state index is 13.8. The van der Waals surface area contributed by atoms with E-state index in [-0.39, 0.29) is 18.8 Å². The summed E-state index contributed by atoms with van der Waals surface area (Å²) in [6, 6.07) is 9.82. The molecule has 37 heavy (non-hydrogen) atoms. The lowest BCUT2D eigenvalue weighted by molar-refractivity contribution is -0.139. The van der Waals surface area contributed by atoms with Crippen molar-refractivity contribution in [3.63, 3.8) is 0 Å². The third-order valence-electron chi connectivity index (χ3n) is 5.56. The molecule has 0 amide bonds. The van der Waals surface area contributed by atoms with Crippen molar-refractivity contribution < 1.29 is 19.0 Å². The predicted octanol–water partition coefficient (Wildman–Crippen LogP) is 4.23. The summed E-state index contributed by atoms with van der Waals surface area (Å²) in [6.07, 6.45) is 7.09. The van der Waals surface area contributed by atoms with Gasteiger partial charge in [-0.2, -0.15) is 0 Å². The summed E-state index contributed by atoms with van der Waals surface area (Å²) in [5.41, 5.74) is 1.76. The number of benzene rings is 2.